The van der Waals surface area contributed by atoms with Gasteiger partial charge in [-0.2, -0.15) is 0 Å². The van der Waals surface area contributed by atoms with Gasteiger partial charge in [-0.1, -0.05) is 6.07 Å². The molecule has 0 radical (unpaired) electrons. The fourth-order valence-corrected chi connectivity index (χ4v) is 1.98. The van der Waals surface area contributed by atoms with Crippen molar-refractivity contribution in [2.45, 2.75) is 12.5 Å². The fraction of sp³-hybridized carbons (Fsp3) is 0.143. The van der Waals surface area contributed by atoms with Gasteiger partial charge in [0, 0.05) is 5.56 Å². The number of benzene rings is 2. The summed E-state index contributed by atoms with van der Waals surface area (Å²) in [4.78, 5) is 0. The minimum Gasteiger partial charge on any atom is -0.271 e. The molecule has 112 valence electrons. The van der Waals surface area contributed by atoms with E-state index in [9.17, 15) is 22.0 Å². The van der Waals surface area contributed by atoms with E-state index in [2.05, 4.69) is 5.43 Å². The van der Waals surface area contributed by atoms with Crippen molar-refractivity contribution in [1.82, 2.24) is 5.43 Å². The van der Waals surface area contributed by atoms with Crippen LogP contribution in [0.4, 0.5) is 22.0 Å². The molecule has 0 amide bonds. The molecule has 2 aromatic carbocycles. The lowest BCUT2D eigenvalue weighted by Gasteiger charge is -2.17. The molecule has 0 aliphatic carbocycles. The summed E-state index contributed by atoms with van der Waals surface area (Å²) in [6, 6.07) is 3.76. The van der Waals surface area contributed by atoms with Gasteiger partial charge in [0.2, 0.25) is 0 Å². The molecule has 0 fully saturated rings. The van der Waals surface area contributed by atoms with Gasteiger partial charge >= 0.3 is 0 Å². The van der Waals surface area contributed by atoms with Crippen LogP contribution in [0.25, 0.3) is 0 Å². The third kappa shape index (κ3) is 3.20. The zero-order chi connectivity index (χ0) is 15.6. The third-order valence-electron chi connectivity index (χ3n) is 3.08. The van der Waals surface area contributed by atoms with E-state index in [0.717, 1.165) is 24.3 Å². The molecule has 0 bridgehead atoms. The predicted molar refractivity (Wildman–Crippen MR) is 66.4 cm³/mol. The van der Waals surface area contributed by atoms with Gasteiger partial charge < -0.3 is 0 Å². The van der Waals surface area contributed by atoms with Crippen molar-refractivity contribution in [3.05, 3.63) is 70.5 Å². The monoisotopic (exact) mass is 302 g/mol. The molecular weight excluding hydrogens is 291 g/mol. The zero-order valence-corrected chi connectivity index (χ0v) is 10.6. The van der Waals surface area contributed by atoms with E-state index in [1.54, 1.807) is 0 Å². The lowest BCUT2D eigenvalue weighted by Crippen LogP contribution is -2.30. The second-order valence-corrected chi connectivity index (χ2v) is 4.42. The first kappa shape index (κ1) is 15.4. The average Bonchev–Trinajstić information content (AvgIpc) is 2.44. The van der Waals surface area contributed by atoms with Crippen molar-refractivity contribution in [3.8, 4) is 0 Å². The van der Waals surface area contributed by atoms with Gasteiger partial charge in [0.1, 0.15) is 11.6 Å². The van der Waals surface area contributed by atoms with Gasteiger partial charge in [-0.15, -0.1) is 0 Å². The number of nitrogens with one attached hydrogen (secondary N) is 1. The number of hydrogen-bond donors (Lipinski definition) is 2. The number of halogens is 5. The van der Waals surface area contributed by atoms with Crippen molar-refractivity contribution < 1.29 is 22.0 Å². The van der Waals surface area contributed by atoms with Crippen molar-refractivity contribution in [3.63, 3.8) is 0 Å². The number of hydrogen-bond acceptors (Lipinski definition) is 2. The van der Waals surface area contributed by atoms with Gasteiger partial charge in [-0.05, 0) is 36.2 Å². The molecule has 2 nitrogen and oxygen atoms in total. The minimum absolute atomic E-state index is 0.0587. The zero-order valence-electron chi connectivity index (χ0n) is 10.6. The standard InChI is InChI=1S/C14H11F5N2/c15-9-2-1-3-10(16)8(9)6-13(21-20)7-4-11(17)14(19)12(18)5-7/h1-5,13,21H,6,20H2. The van der Waals surface area contributed by atoms with E-state index in [-0.39, 0.29) is 17.5 Å². The number of nitrogens with two attached hydrogens (primary N) is 1. The first-order chi connectivity index (χ1) is 9.93. The molecule has 0 aliphatic rings. The Bertz CT molecular complexity index is 617. The van der Waals surface area contributed by atoms with Crippen LogP contribution in [0.2, 0.25) is 0 Å². The minimum atomic E-state index is -1.62. The normalized spacial score (nSPS) is 12.5. The lowest BCUT2D eigenvalue weighted by atomic mass is 9.98. The summed E-state index contributed by atoms with van der Waals surface area (Å²) in [7, 11) is 0. The Morgan fingerprint density at radius 3 is 1.90 bits per heavy atom. The molecule has 0 aromatic heterocycles. The highest BCUT2D eigenvalue weighted by atomic mass is 19.2. The summed E-state index contributed by atoms with van der Waals surface area (Å²) in [6.45, 7) is 0. The molecular formula is C14H11F5N2. The molecule has 0 aliphatic heterocycles. The molecule has 0 saturated heterocycles. The largest absolute Gasteiger partial charge is 0.271 e. The van der Waals surface area contributed by atoms with Gasteiger partial charge in [0.05, 0.1) is 6.04 Å². The topological polar surface area (TPSA) is 38.0 Å². The Hall–Kier alpha value is -1.99. The van der Waals surface area contributed by atoms with Gasteiger partial charge in [0.15, 0.2) is 17.5 Å². The van der Waals surface area contributed by atoms with Crippen LogP contribution < -0.4 is 11.3 Å². The number of hydrazine groups is 1. The Balaban J connectivity index is 2.37. The molecule has 7 heteroatoms. The highest BCUT2D eigenvalue weighted by Gasteiger charge is 2.20. The van der Waals surface area contributed by atoms with Crippen molar-refractivity contribution in [2.24, 2.45) is 5.84 Å². The Morgan fingerprint density at radius 1 is 0.905 bits per heavy atom. The van der Waals surface area contributed by atoms with Crippen LogP contribution in [-0.2, 0) is 6.42 Å². The highest BCUT2D eigenvalue weighted by molar-refractivity contribution is 5.27. The van der Waals surface area contributed by atoms with Crippen LogP contribution in [0.1, 0.15) is 17.2 Å². The first-order valence-electron chi connectivity index (χ1n) is 5.97. The van der Waals surface area contributed by atoms with Gasteiger partial charge in [-0.3, -0.25) is 11.3 Å². The quantitative estimate of drug-likeness (QED) is 0.394. The maximum absolute atomic E-state index is 13.6. The van der Waals surface area contributed by atoms with E-state index < -0.39 is 35.1 Å². The van der Waals surface area contributed by atoms with E-state index in [4.69, 9.17) is 5.84 Å². The molecule has 2 rings (SSSR count). The molecule has 21 heavy (non-hydrogen) atoms. The molecule has 3 N–H and O–H groups in total. The summed E-state index contributed by atoms with van der Waals surface area (Å²) < 4.78 is 66.5. The van der Waals surface area contributed by atoms with Gasteiger partial charge in [-0.25, -0.2) is 22.0 Å². The van der Waals surface area contributed by atoms with Crippen LogP contribution in [0, 0.1) is 29.1 Å². The summed E-state index contributed by atoms with van der Waals surface area (Å²) >= 11 is 0. The van der Waals surface area contributed by atoms with Crippen LogP contribution in [0.15, 0.2) is 30.3 Å². The summed E-state index contributed by atoms with van der Waals surface area (Å²) in [5.41, 5.74) is 1.86. The molecule has 1 atom stereocenters. The average molecular weight is 302 g/mol. The third-order valence-corrected chi connectivity index (χ3v) is 3.08. The maximum atomic E-state index is 13.6. The maximum Gasteiger partial charge on any atom is 0.194 e. The van der Waals surface area contributed by atoms with Crippen molar-refractivity contribution in [1.29, 1.82) is 0 Å². The van der Waals surface area contributed by atoms with Crippen LogP contribution in [0.3, 0.4) is 0 Å². The SMILES string of the molecule is NNC(Cc1c(F)cccc1F)c1cc(F)c(F)c(F)c1. The molecule has 2 aromatic rings. The second-order valence-electron chi connectivity index (χ2n) is 4.42. The molecule has 0 saturated carbocycles. The van der Waals surface area contributed by atoms with E-state index in [0.29, 0.717) is 0 Å². The predicted octanol–water partition coefficient (Wildman–Crippen LogP) is 3.13. The van der Waals surface area contributed by atoms with E-state index in [1.807, 2.05) is 0 Å². The van der Waals surface area contributed by atoms with Crippen LogP contribution in [-0.4, -0.2) is 0 Å². The van der Waals surface area contributed by atoms with Gasteiger partial charge in [0.25, 0.3) is 0 Å². The Morgan fingerprint density at radius 2 is 1.43 bits per heavy atom. The van der Waals surface area contributed by atoms with Crippen LogP contribution in [0.5, 0.6) is 0 Å². The summed E-state index contributed by atoms with van der Waals surface area (Å²) in [5.74, 6) is -0.783. The molecule has 0 heterocycles. The van der Waals surface area contributed by atoms with Crippen molar-refractivity contribution >= 4 is 0 Å². The lowest BCUT2D eigenvalue weighted by molar-refractivity contribution is 0.437. The molecule has 1 unspecified atom stereocenters. The van der Waals surface area contributed by atoms with E-state index >= 15 is 0 Å². The fourth-order valence-electron chi connectivity index (χ4n) is 1.98. The Kier molecular flexibility index (Phi) is 4.54. The van der Waals surface area contributed by atoms with Crippen molar-refractivity contribution in [2.75, 3.05) is 0 Å². The summed E-state index contributed by atoms with van der Waals surface area (Å²) in [5, 5.41) is 0. The molecule has 0 spiro atoms. The second kappa shape index (κ2) is 6.19. The number of rotatable bonds is 4. The van der Waals surface area contributed by atoms with Crippen LogP contribution >= 0.6 is 0 Å². The smallest absolute Gasteiger partial charge is 0.194 e. The first-order valence-corrected chi connectivity index (χ1v) is 5.97. The Labute approximate surface area is 117 Å². The highest BCUT2D eigenvalue weighted by Crippen LogP contribution is 2.24. The summed E-state index contributed by atoms with van der Waals surface area (Å²) in [6.07, 6.45) is -0.292. The van der Waals surface area contributed by atoms with E-state index in [1.165, 1.54) is 6.07 Å².